The molecule has 0 unspecified atom stereocenters. The first-order valence-electron chi connectivity index (χ1n) is 6.41. The maximum absolute atomic E-state index is 13.4. The molecule has 0 spiro atoms. The smallest absolute Gasteiger partial charge is 0.119 e. The van der Waals surface area contributed by atoms with Gasteiger partial charge in [0.2, 0.25) is 0 Å². The van der Waals surface area contributed by atoms with Gasteiger partial charge in [0.15, 0.2) is 0 Å². The van der Waals surface area contributed by atoms with Crippen LogP contribution in [0.25, 0.3) is 0 Å². The average Bonchev–Trinajstić information content (AvgIpc) is 2.42. The van der Waals surface area contributed by atoms with E-state index in [0.717, 1.165) is 43.1 Å². The van der Waals surface area contributed by atoms with E-state index in [1.165, 1.54) is 0 Å². The van der Waals surface area contributed by atoms with Crippen LogP contribution in [-0.4, -0.2) is 44.9 Å². The molecule has 0 bridgehead atoms. The van der Waals surface area contributed by atoms with Crippen LogP contribution in [0.5, 0.6) is 5.75 Å². The Morgan fingerprint density at radius 3 is 2.58 bits per heavy atom. The van der Waals surface area contributed by atoms with Gasteiger partial charge in [0, 0.05) is 26.2 Å². The Bertz CT molecular complexity index is 397. The first-order chi connectivity index (χ1) is 8.76. The van der Waals surface area contributed by atoms with E-state index in [-0.39, 0.29) is 25.1 Å². The standard InChI is InChI=1S/C14H21FN2O.ClH/c1-11-9-12(18-2)3-4-13(11)14(10-15)17-7-5-16-6-8-17;/h3-4,9,14,16H,5-8,10H2,1-2H3;1H/t14-;/m1./s1. The van der Waals surface area contributed by atoms with Crippen molar-refractivity contribution in [3.05, 3.63) is 29.3 Å². The number of hydrogen-bond donors (Lipinski definition) is 1. The number of methoxy groups -OCH3 is 1. The topological polar surface area (TPSA) is 24.5 Å². The molecule has 1 atom stereocenters. The molecule has 5 heteroatoms. The van der Waals surface area contributed by atoms with Gasteiger partial charge in [-0.25, -0.2) is 4.39 Å². The summed E-state index contributed by atoms with van der Waals surface area (Å²) in [5.74, 6) is 0.828. The molecule has 1 saturated heterocycles. The molecular weight excluding hydrogens is 267 g/mol. The number of benzene rings is 1. The second kappa shape index (κ2) is 7.68. The Morgan fingerprint density at radius 1 is 1.37 bits per heavy atom. The summed E-state index contributed by atoms with van der Waals surface area (Å²) in [6.45, 7) is 5.35. The van der Waals surface area contributed by atoms with Gasteiger partial charge >= 0.3 is 0 Å². The number of nitrogens with one attached hydrogen (secondary N) is 1. The van der Waals surface area contributed by atoms with Crippen molar-refractivity contribution >= 4 is 12.4 Å². The number of hydrogen-bond acceptors (Lipinski definition) is 3. The van der Waals surface area contributed by atoms with Crippen LogP contribution in [0.15, 0.2) is 18.2 Å². The lowest BCUT2D eigenvalue weighted by Crippen LogP contribution is -2.45. The SMILES string of the molecule is COc1ccc([C@@H](CF)N2CCNCC2)c(C)c1.Cl. The Kier molecular flexibility index (Phi) is 6.55. The van der Waals surface area contributed by atoms with E-state index >= 15 is 0 Å². The zero-order valence-electron chi connectivity index (χ0n) is 11.5. The molecule has 0 radical (unpaired) electrons. The van der Waals surface area contributed by atoms with Crippen molar-refractivity contribution in [1.82, 2.24) is 10.2 Å². The maximum atomic E-state index is 13.4. The third-order valence-corrected chi connectivity index (χ3v) is 3.57. The maximum Gasteiger partial charge on any atom is 0.119 e. The molecule has 108 valence electrons. The van der Waals surface area contributed by atoms with E-state index in [1.807, 2.05) is 25.1 Å². The molecular formula is C14H22ClFN2O. The molecule has 1 fully saturated rings. The summed E-state index contributed by atoms with van der Waals surface area (Å²) < 4.78 is 18.6. The van der Waals surface area contributed by atoms with Crippen molar-refractivity contribution in [2.75, 3.05) is 40.0 Å². The number of aryl methyl sites for hydroxylation is 1. The summed E-state index contributed by atoms with van der Waals surface area (Å²) in [4.78, 5) is 2.21. The van der Waals surface area contributed by atoms with Crippen LogP contribution in [0.2, 0.25) is 0 Å². The second-order valence-electron chi connectivity index (χ2n) is 4.68. The van der Waals surface area contributed by atoms with Gasteiger partial charge < -0.3 is 10.1 Å². The van der Waals surface area contributed by atoms with Crippen LogP contribution >= 0.6 is 12.4 Å². The van der Waals surface area contributed by atoms with Crippen molar-refractivity contribution in [3.8, 4) is 5.75 Å². The largest absolute Gasteiger partial charge is 0.497 e. The van der Waals surface area contributed by atoms with E-state index in [2.05, 4.69) is 10.2 Å². The van der Waals surface area contributed by atoms with Crippen LogP contribution < -0.4 is 10.1 Å². The Balaban J connectivity index is 0.00000180. The molecule has 1 aromatic carbocycles. The minimum absolute atomic E-state index is 0. The first kappa shape index (κ1) is 16.2. The minimum atomic E-state index is -0.340. The zero-order valence-corrected chi connectivity index (χ0v) is 12.3. The molecule has 0 amide bonds. The van der Waals surface area contributed by atoms with Gasteiger partial charge in [-0.1, -0.05) is 6.07 Å². The third-order valence-electron chi connectivity index (χ3n) is 3.57. The van der Waals surface area contributed by atoms with Crippen LogP contribution in [0.3, 0.4) is 0 Å². The Labute approximate surface area is 120 Å². The fourth-order valence-corrected chi connectivity index (χ4v) is 2.52. The highest BCUT2D eigenvalue weighted by molar-refractivity contribution is 5.85. The summed E-state index contributed by atoms with van der Waals surface area (Å²) >= 11 is 0. The van der Waals surface area contributed by atoms with Crippen molar-refractivity contribution < 1.29 is 9.13 Å². The number of piperazine rings is 1. The predicted molar refractivity (Wildman–Crippen MR) is 78.1 cm³/mol. The van der Waals surface area contributed by atoms with Gasteiger partial charge in [0.05, 0.1) is 13.2 Å². The van der Waals surface area contributed by atoms with Crippen LogP contribution in [0.1, 0.15) is 17.2 Å². The van der Waals surface area contributed by atoms with Gasteiger partial charge in [-0.3, -0.25) is 4.90 Å². The number of alkyl halides is 1. The number of rotatable bonds is 4. The van der Waals surface area contributed by atoms with Gasteiger partial charge in [0.25, 0.3) is 0 Å². The van der Waals surface area contributed by atoms with E-state index in [1.54, 1.807) is 7.11 Å². The molecule has 0 saturated carbocycles. The lowest BCUT2D eigenvalue weighted by Gasteiger charge is -2.34. The van der Waals surface area contributed by atoms with Crippen molar-refractivity contribution in [2.45, 2.75) is 13.0 Å². The Morgan fingerprint density at radius 2 is 2.05 bits per heavy atom. The number of nitrogens with zero attached hydrogens (tertiary/aromatic N) is 1. The van der Waals surface area contributed by atoms with E-state index in [4.69, 9.17) is 4.74 Å². The third kappa shape index (κ3) is 3.81. The highest BCUT2D eigenvalue weighted by Crippen LogP contribution is 2.27. The van der Waals surface area contributed by atoms with Crippen molar-refractivity contribution in [2.24, 2.45) is 0 Å². The van der Waals surface area contributed by atoms with Crippen LogP contribution in [-0.2, 0) is 0 Å². The molecule has 1 heterocycles. The fraction of sp³-hybridized carbons (Fsp3) is 0.571. The first-order valence-corrected chi connectivity index (χ1v) is 6.41. The van der Waals surface area contributed by atoms with Crippen LogP contribution in [0.4, 0.5) is 4.39 Å². The molecule has 0 aliphatic carbocycles. The summed E-state index contributed by atoms with van der Waals surface area (Å²) in [5.41, 5.74) is 2.16. The van der Waals surface area contributed by atoms with E-state index in [0.29, 0.717) is 0 Å². The number of halogens is 2. The molecule has 1 aliphatic heterocycles. The average molecular weight is 289 g/mol. The fourth-order valence-electron chi connectivity index (χ4n) is 2.52. The molecule has 0 aromatic heterocycles. The summed E-state index contributed by atoms with van der Waals surface area (Å²) in [6, 6.07) is 5.74. The molecule has 1 aliphatic rings. The molecule has 2 rings (SSSR count). The highest BCUT2D eigenvalue weighted by atomic mass is 35.5. The van der Waals surface area contributed by atoms with Gasteiger partial charge in [-0.15, -0.1) is 12.4 Å². The normalized spacial score (nSPS) is 17.6. The Hall–Kier alpha value is -0.840. The van der Waals surface area contributed by atoms with E-state index < -0.39 is 0 Å². The monoisotopic (exact) mass is 288 g/mol. The van der Waals surface area contributed by atoms with Crippen molar-refractivity contribution in [3.63, 3.8) is 0 Å². The molecule has 19 heavy (non-hydrogen) atoms. The second-order valence-corrected chi connectivity index (χ2v) is 4.68. The predicted octanol–water partition coefficient (Wildman–Crippen LogP) is 2.34. The quantitative estimate of drug-likeness (QED) is 0.920. The lowest BCUT2D eigenvalue weighted by molar-refractivity contribution is 0.147. The van der Waals surface area contributed by atoms with Crippen molar-refractivity contribution in [1.29, 1.82) is 0 Å². The summed E-state index contributed by atoms with van der Waals surface area (Å²) in [7, 11) is 1.65. The minimum Gasteiger partial charge on any atom is -0.497 e. The van der Waals surface area contributed by atoms with E-state index in [9.17, 15) is 4.39 Å². The molecule has 1 N–H and O–H groups in total. The van der Waals surface area contributed by atoms with Gasteiger partial charge in [-0.2, -0.15) is 0 Å². The number of ether oxygens (including phenoxy) is 1. The summed E-state index contributed by atoms with van der Waals surface area (Å²) in [6.07, 6.45) is 0. The lowest BCUT2D eigenvalue weighted by atomic mass is 10.00. The highest BCUT2D eigenvalue weighted by Gasteiger charge is 2.23. The van der Waals surface area contributed by atoms with Gasteiger partial charge in [-0.05, 0) is 30.2 Å². The summed E-state index contributed by atoms with van der Waals surface area (Å²) in [5, 5.41) is 3.29. The molecule has 1 aromatic rings. The molecule has 3 nitrogen and oxygen atoms in total. The van der Waals surface area contributed by atoms with Crippen LogP contribution in [0, 0.1) is 6.92 Å². The zero-order chi connectivity index (χ0) is 13.0. The van der Waals surface area contributed by atoms with Gasteiger partial charge in [0.1, 0.15) is 12.4 Å².